The van der Waals surface area contributed by atoms with Crippen molar-refractivity contribution in [2.75, 3.05) is 13.1 Å². The maximum Gasteiger partial charge on any atom is 0.0731 e. The van der Waals surface area contributed by atoms with Gasteiger partial charge in [-0.05, 0) is 35.7 Å². The number of aromatic nitrogens is 1. The maximum absolute atomic E-state index is 6.42. The van der Waals surface area contributed by atoms with Gasteiger partial charge in [0, 0.05) is 43.2 Å². The Balaban J connectivity index is 1.54. The lowest BCUT2D eigenvalue weighted by Crippen LogP contribution is -2.28. The van der Waals surface area contributed by atoms with E-state index in [0.29, 0.717) is 5.92 Å². The average molecular weight is 317 g/mol. The second kappa shape index (κ2) is 6.34. The zero-order chi connectivity index (χ0) is 16.5. The van der Waals surface area contributed by atoms with Gasteiger partial charge in [0.25, 0.3) is 0 Å². The first-order chi connectivity index (χ1) is 11.7. The number of hydrogen-bond donors (Lipinski definition) is 1. The molecule has 1 aliphatic heterocycles. The number of fused-ring (bicyclic) bond motifs is 1. The van der Waals surface area contributed by atoms with Crippen LogP contribution in [0.3, 0.4) is 0 Å². The quantitative estimate of drug-likeness (QED) is 0.804. The number of hydrogen-bond acceptors (Lipinski definition) is 3. The van der Waals surface area contributed by atoms with Gasteiger partial charge in [-0.15, -0.1) is 0 Å². The van der Waals surface area contributed by atoms with Crippen molar-refractivity contribution >= 4 is 10.9 Å². The van der Waals surface area contributed by atoms with Gasteiger partial charge in [-0.25, -0.2) is 0 Å². The summed E-state index contributed by atoms with van der Waals surface area (Å²) in [5.74, 6) is 0.425. The van der Waals surface area contributed by atoms with Gasteiger partial charge in [0.2, 0.25) is 0 Å². The van der Waals surface area contributed by atoms with Crippen LogP contribution in [0, 0.1) is 6.92 Å². The molecule has 4 rings (SSSR count). The fourth-order valence-electron chi connectivity index (χ4n) is 3.90. The van der Waals surface area contributed by atoms with E-state index in [-0.39, 0.29) is 6.04 Å². The van der Waals surface area contributed by atoms with Crippen molar-refractivity contribution < 1.29 is 0 Å². The molecule has 0 aliphatic carbocycles. The summed E-state index contributed by atoms with van der Waals surface area (Å²) >= 11 is 0. The molecule has 1 aromatic heterocycles. The third-order valence-corrected chi connectivity index (χ3v) is 5.03. The molecule has 0 unspecified atom stereocenters. The fraction of sp³-hybridized carbons (Fsp3) is 0.286. The van der Waals surface area contributed by atoms with E-state index in [1.807, 2.05) is 12.3 Å². The first-order valence-corrected chi connectivity index (χ1v) is 8.58. The molecule has 2 N–H and O–H groups in total. The van der Waals surface area contributed by atoms with E-state index in [9.17, 15) is 0 Å². The highest BCUT2D eigenvalue weighted by Gasteiger charge is 2.31. The lowest BCUT2D eigenvalue weighted by Gasteiger charge is -2.17. The Morgan fingerprint density at radius 1 is 1.08 bits per heavy atom. The van der Waals surface area contributed by atoms with Gasteiger partial charge in [-0.2, -0.15) is 0 Å². The van der Waals surface area contributed by atoms with Crippen LogP contribution in [0.15, 0.2) is 60.8 Å². The Hall–Kier alpha value is -2.23. The summed E-state index contributed by atoms with van der Waals surface area (Å²) in [6, 6.07) is 19.5. The Morgan fingerprint density at radius 2 is 1.92 bits per heavy atom. The fourth-order valence-corrected chi connectivity index (χ4v) is 3.90. The molecule has 0 bridgehead atoms. The van der Waals surface area contributed by atoms with Crippen LogP contribution in [0.4, 0.5) is 0 Å². The highest BCUT2D eigenvalue weighted by atomic mass is 15.2. The Kier molecular flexibility index (Phi) is 4.05. The van der Waals surface area contributed by atoms with Crippen LogP contribution in [-0.2, 0) is 6.54 Å². The smallest absolute Gasteiger partial charge is 0.0731 e. The molecule has 3 nitrogen and oxygen atoms in total. The first-order valence-electron chi connectivity index (χ1n) is 8.58. The Morgan fingerprint density at radius 3 is 2.75 bits per heavy atom. The second-order valence-corrected chi connectivity index (χ2v) is 6.86. The highest BCUT2D eigenvalue weighted by molar-refractivity contribution is 5.82. The molecule has 122 valence electrons. The van der Waals surface area contributed by atoms with E-state index >= 15 is 0 Å². The van der Waals surface area contributed by atoms with E-state index in [1.165, 1.54) is 22.1 Å². The molecule has 1 fully saturated rings. The number of pyridine rings is 1. The van der Waals surface area contributed by atoms with Crippen LogP contribution in [-0.4, -0.2) is 29.0 Å². The van der Waals surface area contributed by atoms with Crippen LogP contribution in [0.2, 0.25) is 0 Å². The number of benzene rings is 2. The zero-order valence-electron chi connectivity index (χ0n) is 14.0. The van der Waals surface area contributed by atoms with Crippen molar-refractivity contribution in [3.63, 3.8) is 0 Å². The van der Waals surface area contributed by atoms with Gasteiger partial charge in [-0.3, -0.25) is 9.88 Å². The first kappa shape index (κ1) is 15.3. The van der Waals surface area contributed by atoms with Crippen molar-refractivity contribution in [2.45, 2.75) is 25.4 Å². The lowest BCUT2D eigenvalue weighted by molar-refractivity contribution is 0.324. The Labute approximate surface area is 143 Å². The number of rotatable bonds is 3. The summed E-state index contributed by atoms with van der Waals surface area (Å²) in [5, 5.41) is 1.22. The minimum absolute atomic E-state index is 0.204. The van der Waals surface area contributed by atoms with Gasteiger partial charge in [-0.1, -0.05) is 42.5 Å². The molecule has 1 saturated heterocycles. The van der Waals surface area contributed by atoms with Gasteiger partial charge in [0.05, 0.1) is 5.52 Å². The molecule has 0 amide bonds. The summed E-state index contributed by atoms with van der Waals surface area (Å²) in [6.07, 6.45) is 1.86. The van der Waals surface area contributed by atoms with Gasteiger partial charge < -0.3 is 5.73 Å². The summed E-state index contributed by atoms with van der Waals surface area (Å²) in [5.41, 5.74) is 11.5. The number of nitrogens with two attached hydrogens (primary N) is 1. The van der Waals surface area contributed by atoms with Crippen molar-refractivity contribution in [1.29, 1.82) is 0 Å². The largest absolute Gasteiger partial charge is 0.326 e. The van der Waals surface area contributed by atoms with E-state index in [2.05, 4.69) is 65.3 Å². The topological polar surface area (TPSA) is 42.1 Å². The van der Waals surface area contributed by atoms with Crippen molar-refractivity contribution in [3.8, 4) is 0 Å². The van der Waals surface area contributed by atoms with Crippen LogP contribution in [0.1, 0.15) is 22.6 Å². The predicted octanol–water partition coefficient (Wildman–Crippen LogP) is 3.47. The molecule has 3 heteroatoms. The van der Waals surface area contributed by atoms with Gasteiger partial charge in [0.1, 0.15) is 0 Å². The number of likely N-dealkylation sites (tertiary alicyclic amines) is 1. The lowest BCUT2D eigenvalue weighted by atomic mass is 9.95. The van der Waals surface area contributed by atoms with Crippen LogP contribution in [0.25, 0.3) is 10.9 Å². The molecule has 1 aliphatic rings. The molecule has 0 saturated carbocycles. The molecule has 2 aromatic carbocycles. The molecule has 2 atom stereocenters. The highest BCUT2D eigenvalue weighted by Crippen LogP contribution is 2.28. The summed E-state index contributed by atoms with van der Waals surface area (Å²) in [4.78, 5) is 6.96. The van der Waals surface area contributed by atoms with Crippen molar-refractivity contribution in [3.05, 3.63) is 77.5 Å². The Bertz CT molecular complexity index is 844. The number of aryl methyl sites for hydroxylation is 1. The minimum atomic E-state index is 0.204. The zero-order valence-corrected chi connectivity index (χ0v) is 14.0. The molecule has 3 aromatic rings. The standard InChI is InChI=1S/C21H23N3/c1-15-10-16(11-18-8-5-9-23-21(15)18)12-24-13-19(20(22)14-24)17-6-3-2-4-7-17/h2-11,19-20H,12-14,22H2,1H3/t19-,20+/m0/s1. The summed E-state index contributed by atoms with van der Waals surface area (Å²) in [6.45, 7) is 5.06. The molecular weight excluding hydrogens is 294 g/mol. The number of nitrogens with zero attached hydrogens (tertiary/aromatic N) is 2. The van der Waals surface area contributed by atoms with E-state index in [0.717, 1.165) is 25.2 Å². The predicted molar refractivity (Wildman–Crippen MR) is 98.9 cm³/mol. The van der Waals surface area contributed by atoms with Gasteiger partial charge >= 0.3 is 0 Å². The molecule has 0 spiro atoms. The summed E-state index contributed by atoms with van der Waals surface area (Å²) < 4.78 is 0. The normalized spacial score (nSPS) is 21.4. The minimum Gasteiger partial charge on any atom is -0.326 e. The summed E-state index contributed by atoms with van der Waals surface area (Å²) in [7, 11) is 0. The third kappa shape index (κ3) is 2.93. The monoisotopic (exact) mass is 317 g/mol. The van der Waals surface area contributed by atoms with E-state index in [4.69, 9.17) is 5.73 Å². The SMILES string of the molecule is Cc1cc(CN2C[C@@H](N)[C@H](c3ccccc3)C2)cc2cccnc12. The second-order valence-electron chi connectivity index (χ2n) is 6.86. The molecule has 2 heterocycles. The molecule has 0 radical (unpaired) electrons. The molecule has 24 heavy (non-hydrogen) atoms. The van der Waals surface area contributed by atoms with Crippen LogP contribution in [0.5, 0.6) is 0 Å². The average Bonchev–Trinajstić information content (AvgIpc) is 2.96. The van der Waals surface area contributed by atoms with Gasteiger partial charge in [0.15, 0.2) is 0 Å². The van der Waals surface area contributed by atoms with E-state index < -0.39 is 0 Å². The molecular formula is C21H23N3. The van der Waals surface area contributed by atoms with Crippen LogP contribution >= 0.6 is 0 Å². The van der Waals surface area contributed by atoms with Crippen molar-refractivity contribution in [2.24, 2.45) is 5.73 Å². The van der Waals surface area contributed by atoms with E-state index in [1.54, 1.807) is 0 Å². The van der Waals surface area contributed by atoms with Crippen LogP contribution < -0.4 is 5.73 Å². The van der Waals surface area contributed by atoms with Crippen molar-refractivity contribution in [1.82, 2.24) is 9.88 Å². The maximum atomic E-state index is 6.42. The third-order valence-electron chi connectivity index (χ3n) is 5.03.